The predicted octanol–water partition coefficient (Wildman–Crippen LogP) is 0.714. The number of piperidine rings is 1. The standard InChI is InChI=1S/C11H18N4O.ClH/c1-8-6-10(13-14(8)2)11(16)15-5-3-4-9(12)7-15;/h6,9H,3-5,7,12H2,1-2H3;1H. The number of carbonyl (C=O) groups excluding carboxylic acids is 1. The average molecular weight is 259 g/mol. The van der Waals surface area contributed by atoms with Crippen molar-refractivity contribution >= 4 is 18.3 Å². The second kappa shape index (κ2) is 5.51. The van der Waals surface area contributed by atoms with E-state index in [1.165, 1.54) is 0 Å². The molecule has 2 N–H and O–H groups in total. The van der Waals surface area contributed by atoms with Gasteiger partial charge in [-0.3, -0.25) is 9.48 Å². The molecule has 1 aromatic rings. The molecule has 1 saturated heterocycles. The molecule has 96 valence electrons. The van der Waals surface area contributed by atoms with E-state index in [0.717, 1.165) is 25.1 Å². The fourth-order valence-corrected chi connectivity index (χ4v) is 2.02. The molecule has 6 heteroatoms. The summed E-state index contributed by atoms with van der Waals surface area (Å²) in [6.07, 6.45) is 1.99. The summed E-state index contributed by atoms with van der Waals surface area (Å²) < 4.78 is 1.72. The summed E-state index contributed by atoms with van der Waals surface area (Å²) in [7, 11) is 1.84. The molecule has 1 aliphatic heterocycles. The molecule has 0 bridgehead atoms. The molecule has 17 heavy (non-hydrogen) atoms. The molecule has 1 fully saturated rings. The first-order valence-electron chi connectivity index (χ1n) is 5.63. The van der Waals surface area contributed by atoms with Gasteiger partial charge in [0.05, 0.1) is 0 Å². The quantitative estimate of drug-likeness (QED) is 0.807. The number of hydrogen-bond donors (Lipinski definition) is 1. The number of hydrogen-bond acceptors (Lipinski definition) is 3. The lowest BCUT2D eigenvalue weighted by molar-refractivity contribution is 0.0702. The molecule has 0 aliphatic carbocycles. The molecule has 1 unspecified atom stereocenters. The molecule has 2 rings (SSSR count). The summed E-state index contributed by atoms with van der Waals surface area (Å²) in [6.45, 7) is 3.38. The van der Waals surface area contributed by atoms with Crippen molar-refractivity contribution < 1.29 is 4.79 Å². The maximum Gasteiger partial charge on any atom is 0.274 e. The highest BCUT2D eigenvalue weighted by atomic mass is 35.5. The Kier molecular flexibility index (Phi) is 4.54. The third kappa shape index (κ3) is 2.98. The maximum absolute atomic E-state index is 12.1. The van der Waals surface area contributed by atoms with E-state index in [2.05, 4.69) is 5.10 Å². The smallest absolute Gasteiger partial charge is 0.274 e. The van der Waals surface area contributed by atoms with Crippen molar-refractivity contribution in [1.29, 1.82) is 0 Å². The Morgan fingerprint density at radius 2 is 2.29 bits per heavy atom. The van der Waals surface area contributed by atoms with Crippen molar-refractivity contribution in [3.05, 3.63) is 17.5 Å². The minimum Gasteiger partial charge on any atom is -0.336 e. The van der Waals surface area contributed by atoms with E-state index in [-0.39, 0.29) is 24.4 Å². The Hall–Kier alpha value is -1.07. The number of aryl methyl sites for hydroxylation is 2. The third-order valence-corrected chi connectivity index (χ3v) is 3.08. The summed E-state index contributed by atoms with van der Waals surface area (Å²) in [5, 5.41) is 4.20. The molecule has 0 radical (unpaired) electrons. The molecule has 5 nitrogen and oxygen atoms in total. The maximum atomic E-state index is 12.1. The molecule has 1 aliphatic rings. The number of rotatable bonds is 1. The normalized spacial score (nSPS) is 19.9. The summed E-state index contributed by atoms with van der Waals surface area (Å²) in [5.41, 5.74) is 7.37. The Morgan fingerprint density at radius 1 is 1.59 bits per heavy atom. The number of carbonyl (C=O) groups is 1. The van der Waals surface area contributed by atoms with Crippen LogP contribution in [0.25, 0.3) is 0 Å². The summed E-state index contributed by atoms with van der Waals surface area (Å²) in [6, 6.07) is 1.94. The second-order valence-corrected chi connectivity index (χ2v) is 4.45. The van der Waals surface area contributed by atoms with Crippen LogP contribution in [0.2, 0.25) is 0 Å². The van der Waals surface area contributed by atoms with E-state index in [4.69, 9.17) is 5.73 Å². The van der Waals surface area contributed by atoms with Crippen LogP contribution in [0.3, 0.4) is 0 Å². The van der Waals surface area contributed by atoms with Gasteiger partial charge in [0, 0.05) is 31.9 Å². The predicted molar refractivity (Wildman–Crippen MR) is 68.3 cm³/mol. The molecule has 1 atom stereocenters. The van der Waals surface area contributed by atoms with E-state index in [1.54, 1.807) is 9.58 Å². The van der Waals surface area contributed by atoms with Crippen molar-refractivity contribution in [3.63, 3.8) is 0 Å². The zero-order valence-electron chi connectivity index (χ0n) is 10.2. The molecule has 0 aromatic carbocycles. The van der Waals surface area contributed by atoms with Gasteiger partial charge in [0.2, 0.25) is 0 Å². The lowest BCUT2D eigenvalue weighted by Gasteiger charge is -2.30. The van der Waals surface area contributed by atoms with Crippen LogP contribution in [0, 0.1) is 6.92 Å². The van der Waals surface area contributed by atoms with Crippen molar-refractivity contribution in [1.82, 2.24) is 14.7 Å². The van der Waals surface area contributed by atoms with Gasteiger partial charge in [0.1, 0.15) is 0 Å². The second-order valence-electron chi connectivity index (χ2n) is 4.45. The Labute approximate surface area is 107 Å². The van der Waals surface area contributed by atoms with Crippen LogP contribution in [0.1, 0.15) is 29.0 Å². The Balaban J connectivity index is 0.00000144. The largest absolute Gasteiger partial charge is 0.336 e. The molecule has 0 saturated carbocycles. The van der Waals surface area contributed by atoms with Crippen LogP contribution in [0.4, 0.5) is 0 Å². The van der Waals surface area contributed by atoms with Crippen LogP contribution in [0.15, 0.2) is 6.07 Å². The summed E-state index contributed by atoms with van der Waals surface area (Å²) in [4.78, 5) is 13.9. The van der Waals surface area contributed by atoms with E-state index in [0.29, 0.717) is 12.2 Å². The van der Waals surface area contributed by atoms with Crippen molar-refractivity contribution in [2.45, 2.75) is 25.8 Å². The van der Waals surface area contributed by atoms with Gasteiger partial charge < -0.3 is 10.6 Å². The van der Waals surface area contributed by atoms with Crippen molar-refractivity contribution in [3.8, 4) is 0 Å². The van der Waals surface area contributed by atoms with Gasteiger partial charge >= 0.3 is 0 Å². The minimum atomic E-state index is -0.00106. The molecule has 1 aromatic heterocycles. The highest BCUT2D eigenvalue weighted by molar-refractivity contribution is 5.92. The lowest BCUT2D eigenvalue weighted by atomic mass is 10.1. The number of halogens is 1. The molecule has 1 amide bonds. The third-order valence-electron chi connectivity index (χ3n) is 3.08. The van der Waals surface area contributed by atoms with Gasteiger partial charge in [0.15, 0.2) is 5.69 Å². The van der Waals surface area contributed by atoms with Crippen molar-refractivity contribution in [2.75, 3.05) is 13.1 Å². The fourth-order valence-electron chi connectivity index (χ4n) is 2.02. The van der Waals surface area contributed by atoms with Crippen LogP contribution in [0.5, 0.6) is 0 Å². The van der Waals surface area contributed by atoms with Gasteiger partial charge in [-0.15, -0.1) is 12.4 Å². The first kappa shape index (κ1) is 14.0. The molecule has 2 heterocycles. The number of likely N-dealkylation sites (tertiary alicyclic amines) is 1. The lowest BCUT2D eigenvalue weighted by Crippen LogP contribution is -2.45. The zero-order valence-corrected chi connectivity index (χ0v) is 11.0. The van der Waals surface area contributed by atoms with Crippen LogP contribution >= 0.6 is 12.4 Å². The monoisotopic (exact) mass is 258 g/mol. The van der Waals surface area contributed by atoms with Gasteiger partial charge in [0.25, 0.3) is 5.91 Å². The summed E-state index contributed by atoms with van der Waals surface area (Å²) >= 11 is 0. The number of nitrogens with two attached hydrogens (primary N) is 1. The zero-order chi connectivity index (χ0) is 11.7. The molecule has 0 spiro atoms. The van der Waals surface area contributed by atoms with Crippen LogP contribution < -0.4 is 5.73 Å². The summed E-state index contributed by atoms with van der Waals surface area (Å²) in [5.74, 6) is -0.00106. The first-order chi connectivity index (χ1) is 7.58. The molecular weight excluding hydrogens is 240 g/mol. The van der Waals surface area contributed by atoms with Gasteiger partial charge in [-0.1, -0.05) is 0 Å². The number of nitrogens with zero attached hydrogens (tertiary/aromatic N) is 3. The highest BCUT2D eigenvalue weighted by Gasteiger charge is 2.24. The van der Waals surface area contributed by atoms with Gasteiger partial charge in [-0.25, -0.2) is 0 Å². The van der Waals surface area contributed by atoms with Crippen LogP contribution in [-0.4, -0.2) is 39.7 Å². The Bertz CT molecular complexity index is 385. The van der Waals surface area contributed by atoms with Gasteiger partial charge in [-0.2, -0.15) is 5.10 Å². The van der Waals surface area contributed by atoms with Gasteiger partial charge in [-0.05, 0) is 25.8 Å². The molecular formula is C11H19ClN4O. The Morgan fingerprint density at radius 3 is 2.82 bits per heavy atom. The van der Waals surface area contributed by atoms with E-state index in [1.807, 2.05) is 20.0 Å². The van der Waals surface area contributed by atoms with E-state index >= 15 is 0 Å². The number of amides is 1. The van der Waals surface area contributed by atoms with E-state index in [9.17, 15) is 4.79 Å². The highest BCUT2D eigenvalue weighted by Crippen LogP contribution is 2.12. The SMILES string of the molecule is Cc1cc(C(=O)N2CCCC(N)C2)nn1C.Cl. The first-order valence-corrected chi connectivity index (χ1v) is 5.63. The van der Waals surface area contributed by atoms with E-state index < -0.39 is 0 Å². The van der Waals surface area contributed by atoms with Crippen LogP contribution in [-0.2, 0) is 7.05 Å². The topological polar surface area (TPSA) is 64.2 Å². The fraction of sp³-hybridized carbons (Fsp3) is 0.636. The average Bonchev–Trinajstić information content (AvgIpc) is 2.58. The number of aromatic nitrogens is 2. The van der Waals surface area contributed by atoms with Crippen molar-refractivity contribution in [2.24, 2.45) is 12.8 Å². The minimum absolute atomic E-state index is 0.